The van der Waals surface area contributed by atoms with E-state index in [4.69, 9.17) is 4.74 Å². The fourth-order valence-corrected chi connectivity index (χ4v) is 6.74. The minimum atomic E-state index is 0.0642. The fourth-order valence-electron chi connectivity index (χ4n) is 6.74. The molecule has 0 aromatic heterocycles. The predicted octanol–water partition coefficient (Wildman–Crippen LogP) is 7.00. The monoisotopic (exact) mass is 384 g/mol. The van der Waals surface area contributed by atoms with E-state index in [1.54, 1.807) is 11.1 Å². The molecule has 0 saturated heterocycles. The smallest absolute Gasteiger partial charge is 0.306 e. The van der Waals surface area contributed by atoms with E-state index in [0.717, 1.165) is 5.92 Å². The highest BCUT2D eigenvalue weighted by Gasteiger charge is 2.51. The van der Waals surface area contributed by atoms with Crippen LogP contribution in [-0.2, 0) is 9.53 Å². The van der Waals surface area contributed by atoms with Gasteiger partial charge in [0.05, 0.1) is 6.61 Å². The van der Waals surface area contributed by atoms with Crippen LogP contribution >= 0.6 is 0 Å². The average Bonchev–Trinajstić information content (AvgIpc) is 3.38. The van der Waals surface area contributed by atoms with E-state index in [-0.39, 0.29) is 5.97 Å². The molecule has 2 nitrogen and oxygen atoms in total. The number of carbonyl (C=O) groups is 1. The first kappa shape index (κ1) is 20.2. The number of hydrogen-bond donors (Lipinski definition) is 0. The van der Waals surface area contributed by atoms with Gasteiger partial charge >= 0.3 is 5.97 Å². The maximum absolute atomic E-state index is 12.5. The summed E-state index contributed by atoms with van der Waals surface area (Å²) in [5, 5.41) is 0. The minimum Gasteiger partial charge on any atom is -0.465 e. The molecule has 2 heteroatoms. The summed E-state index contributed by atoms with van der Waals surface area (Å²) in [6.45, 7) is 5.52. The zero-order chi connectivity index (χ0) is 19.6. The van der Waals surface area contributed by atoms with Crippen molar-refractivity contribution in [1.29, 1.82) is 0 Å². The molecule has 4 atom stereocenters. The Labute approximate surface area is 172 Å². The first-order chi connectivity index (χ1) is 13.6. The second-order valence-electron chi connectivity index (χ2n) is 10.5. The Morgan fingerprint density at radius 2 is 1.75 bits per heavy atom. The molecule has 0 aliphatic heterocycles. The molecule has 0 aromatic rings. The number of ether oxygens (including phenoxy) is 1. The van der Waals surface area contributed by atoms with E-state index in [1.807, 2.05) is 0 Å². The van der Waals surface area contributed by atoms with Crippen molar-refractivity contribution in [2.24, 2.45) is 29.1 Å². The summed E-state index contributed by atoms with van der Waals surface area (Å²) < 4.78 is 5.68. The van der Waals surface area contributed by atoms with Gasteiger partial charge < -0.3 is 4.74 Å². The van der Waals surface area contributed by atoms with Gasteiger partial charge in [-0.2, -0.15) is 0 Å². The lowest BCUT2D eigenvalue weighted by Gasteiger charge is -2.31. The number of esters is 1. The topological polar surface area (TPSA) is 26.3 Å². The molecule has 0 unspecified atom stereocenters. The Hall–Kier alpha value is -1.05. The maximum atomic E-state index is 12.5. The average molecular weight is 385 g/mol. The molecule has 4 saturated carbocycles. The number of allylic oxidation sites excluding steroid dienone is 4. The van der Waals surface area contributed by atoms with Crippen LogP contribution in [0.15, 0.2) is 23.3 Å². The van der Waals surface area contributed by atoms with Gasteiger partial charge in [0.25, 0.3) is 0 Å². The Morgan fingerprint density at radius 1 is 1.00 bits per heavy atom. The van der Waals surface area contributed by atoms with E-state index in [1.165, 1.54) is 77.0 Å². The van der Waals surface area contributed by atoms with Gasteiger partial charge in [0.2, 0.25) is 0 Å². The van der Waals surface area contributed by atoms with Crippen molar-refractivity contribution >= 4 is 5.97 Å². The van der Waals surface area contributed by atoms with E-state index in [9.17, 15) is 4.79 Å². The van der Waals surface area contributed by atoms with Crippen LogP contribution in [0.5, 0.6) is 0 Å². The summed E-state index contributed by atoms with van der Waals surface area (Å²) in [7, 11) is 0. The Morgan fingerprint density at radius 3 is 2.54 bits per heavy atom. The van der Waals surface area contributed by atoms with Gasteiger partial charge in [-0.25, -0.2) is 0 Å². The lowest BCUT2D eigenvalue weighted by atomic mass is 9.73. The van der Waals surface area contributed by atoms with Gasteiger partial charge in [0.1, 0.15) is 0 Å². The van der Waals surface area contributed by atoms with Gasteiger partial charge in [-0.15, -0.1) is 0 Å². The summed E-state index contributed by atoms with van der Waals surface area (Å²) in [6, 6.07) is 0. The van der Waals surface area contributed by atoms with Crippen molar-refractivity contribution in [3.05, 3.63) is 23.3 Å². The summed E-state index contributed by atoms with van der Waals surface area (Å²) >= 11 is 0. The molecule has 4 fully saturated rings. The number of fused-ring (bicyclic) bond motifs is 1. The lowest BCUT2D eigenvalue weighted by molar-refractivity contribution is -0.147. The molecule has 0 N–H and O–H groups in total. The second-order valence-corrected chi connectivity index (χ2v) is 10.5. The van der Waals surface area contributed by atoms with Crippen molar-refractivity contribution < 1.29 is 9.53 Å². The SMILES string of the molecule is C[C@H]1CCCCC1=CC=C1CC[C@]2(C)[C@@H](CC(=O)OCC3CCCC3)CC[C@@H]12. The quantitative estimate of drug-likeness (QED) is 0.477. The first-order valence-electron chi connectivity index (χ1n) is 12.1. The van der Waals surface area contributed by atoms with Crippen LogP contribution in [0.4, 0.5) is 0 Å². The van der Waals surface area contributed by atoms with Gasteiger partial charge in [-0.1, -0.05) is 56.4 Å². The van der Waals surface area contributed by atoms with Crippen molar-refractivity contribution in [1.82, 2.24) is 0 Å². The van der Waals surface area contributed by atoms with Crippen molar-refractivity contribution in [2.75, 3.05) is 6.61 Å². The molecule has 0 aromatic carbocycles. The zero-order valence-electron chi connectivity index (χ0n) is 18.2. The van der Waals surface area contributed by atoms with Crippen LogP contribution in [0.3, 0.4) is 0 Å². The molecule has 4 rings (SSSR count). The van der Waals surface area contributed by atoms with Gasteiger partial charge in [-0.05, 0) is 86.9 Å². The van der Waals surface area contributed by atoms with Gasteiger partial charge in [0.15, 0.2) is 0 Å². The Kier molecular flexibility index (Phi) is 6.33. The van der Waals surface area contributed by atoms with Crippen molar-refractivity contribution in [2.45, 2.75) is 97.3 Å². The van der Waals surface area contributed by atoms with Crippen LogP contribution in [0, 0.1) is 29.1 Å². The summed E-state index contributed by atoms with van der Waals surface area (Å²) in [5.74, 6) is 2.67. The van der Waals surface area contributed by atoms with E-state index >= 15 is 0 Å². The molecular formula is C26H40O2. The van der Waals surface area contributed by atoms with Crippen LogP contribution in [0.2, 0.25) is 0 Å². The minimum absolute atomic E-state index is 0.0642. The molecule has 0 radical (unpaired) electrons. The van der Waals surface area contributed by atoms with Crippen molar-refractivity contribution in [3.63, 3.8) is 0 Å². The highest BCUT2D eigenvalue weighted by Crippen LogP contribution is 2.60. The molecule has 28 heavy (non-hydrogen) atoms. The molecule has 4 aliphatic carbocycles. The van der Waals surface area contributed by atoms with E-state index in [2.05, 4.69) is 26.0 Å². The van der Waals surface area contributed by atoms with Crippen LogP contribution < -0.4 is 0 Å². The first-order valence-corrected chi connectivity index (χ1v) is 12.1. The van der Waals surface area contributed by atoms with Gasteiger partial charge in [-0.3, -0.25) is 4.79 Å². The van der Waals surface area contributed by atoms with E-state index in [0.29, 0.717) is 36.2 Å². The molecule has 156 valence electrons. The third-order valence-electron chi connectivity index (χ3n) is 8.80. The highest BCUT2D eigenvalue weighted by molar-refractivity contribution is 5.70. The molecule has 4 aliphatic rings. The second kappa shape index (κ2) is 8.76. The Bertz CT molecular complexity index is 624. The third-order valence-corrected chi connectivity index (χ3v) is 8.80. The van der Waals surface area contributed by atoms with Gasteiger partial charge in [0, 0.05) is 6.42 Å². The number of rotatable bonds is 5. The summed E-state index contributed by atoms with van der Waals surface area (Å²) in [6.07, 6.45) is 21.1. The highest BCUT2D eigenvalue weighted by atomic mass is 16.5. The Balaban J connectivity index is 1.34. The van der Waals surface area contributed by atoms with E-state index < -0.39 is 0 Å². The summed E-state index contributed by atoms with van der Waals surface area (Å²) in [4.78, 5) is 12.5. The fraction of sp³-hybridized carbons (Fsp3) is 0.808. The molecular weight excluding hydrogens is 344 g/mol. The molecule has 0 bridgehead atoms. The molecule has 0 spiro atoms. The van der Waals surface area contributed by atoms with Crippen LogP contribution in [0.25, 0.3) is 0 Å². The summed E-state index contributed by atoms with van der Waals surface area (Å²) in [5.41, 5.74) is 3.64. The normalized spacial score (nSPS) is 39.0. The van der Waals surface area contributed by atoms with Crippen LogP contribution in [-0.4, -0.2) is 12.6 Å². The molecule has 0 amide bonds. The number of hydrogen-bond acceptors (Lipinski definition) is 2. The zero-order valence-corrected chi connectivity index (χ0v) is 18.2. The number of carbonyl (C=O) groups excluding carboxylic acids is 1. The van der Waals surface area contributed by atoms with Crippen LogP contribution in [0.1, 0.15) is 97.3 Å². The largest absolute Gasteiger partial charge is 0.465 e. The lowest BCUT2D eigenvalue weighted by Crippen LogP contribution is -2.27. The third kappa shape index (κ3) is 4.26. The van der Waals surface area contributed by atoms with Crippen molar-refractivity contribution in [3.8, 4) is 0 Å². The predicted molar refractivity (Wildman–Crippen MR) is 115 cm³/mol. The standard InChI is InChI=1S/C26H40O2/c1-19-7-3-6-10-21(19)11-12-22-15-16-26(2)23(13-14-24(22)26)17-25(27)28-18-20-8-4-5-9-20/h11-12,19-20,23-24H,3-10,13-18H2,1-2H3/t19-,23+,24-,26+/m0/s1. The molecule has 0 heterocycles. The maximum Gasteiger partial charge on any atom is 0.306 e.